The summed E-state index contributed by atoms with van der Waals surface area (Å²) < 4.78 is 1.71. The van der Waals surface area contributed by atoms with E-state index in [1.54, 1.807) is 10.9 Å². The lowest BCUT2D eigenvalue weighted by Gasteiger charge is -2.10. The minimum atomic E-state index is 0.492. The summed E-state index contributed by atoms with van der Waals surface area (Å²) in [6, 6.07) is 10.2. The van der Waals surface area contributed by atoms with Gasteiger partial charge in [0.15, 0.2) is 5.82 Å². The van der Waals surface area contributed by atoms with Crippen molar-refractivity contribution in [3.63, 3.8) is 0 Å². The molecule has 0 N–H and O–H groups in total. The summed E-state index contributed by atoms with van der Waals surface area (Å²) >= 11 is 0. The second-order valence-electron chi connectivity index (χ2n) is 5.23. The molecule has 0 radical (unpaired) electrons. The Bertz CT molecular complexity index is 684. The first-order chi connectivity index (χ1) is 10.3. The fraction of sp³-hybridized carbons (Fsp3) is 0.312. The Hall–Kier alpha value is -2.61. The second kappa shape index (κ2) is 5.80. The van der Waals surface area contributed by atoms with Crippen molar-refractivity contribution in [2.24, 2.45) is 4.99 Å². The molecule has 3 rings (SSSR count). The molecule has 0 unspecified atom stereocenters. The average Bonchev–Trinajstić information content (AvgIpc) is 3.15. The van der Waals surface area contributed by atoms with E-state index >= 15 is 0 Å². The van der Waals surface area contributed by atoms with Gasteiger partial charge < -0.3 is 4.90 Å². The first kappa shape index (κ1) is 13.4. The van der Waals surface area contributed by atoms with E-state index < -0.39 is 0 Å². The van der Waals surface area contributed by atoms with Gasteiger partial charge in [-0.05, 0) is 31.9 Å². The number of benzene rings is 1. The van der Waals surface area contributed by atoms with E-state index in [4.69, 9.17) is 0 Å². The minimum absolute atomic E-state index is 0.492. The lowest BCUT2D eigenvalue weighted by atomic mass is 10.2. The van der Waals surface area contributed by atoms with Crippen LogP contribution in [0.2, 0.25) is 0 Å². The average molecular weight is 279 g/mol. The summed E-state index contributed by atoms with van der Waals surface area (Å²) in [6.07, 6.45) is 5.80. The summed E-state index contributed by atoms with van der Waals surface area (Å²) in [4.78, 5) is 6.67. The fourth-order valence-electron chi connectivity index (χ4n) is 2.41. The van der Waals surface area contributed by atoms with Crippen molar-refractivity contribution >= 4 is 12.2 Å². The molecule has 0 atom stereocenters. The highest BCUT2D eigenvalue weighted by atomic mass is 15.3. The van der Waals surface area contributed by atoms with Crippen molar-refractivity contribution in [3.05, 3.63) is 41.6 Å². The summed E-state index contributed by atoms with van der Waals surface area (Å²) in [5.74, 6) is 0.591. The van der Waals surface area contributed by atoms with Crippen molar-refractivity contribution in [3.8, 4) is 11.8 Å². The van der Waals surface area contributed by atoms with Gasteiger partial charge in [-0.25, -0.2) is 9.67 Å². The molecule has 1 aliphatic rings. The zero-order valence-corrected chi connectivity index (χ0v) is 12.0. The quantitative estimate of drug-likeness (QED) is 0.641. The minimum Gasteiger partial charge on any atom is -0.363 e. The number of hydrogen-bond donors (Lipinski definition) is 0. The zero-order chi connectivity index (χ0) is 14.7. The van der Waals surface area contributed by atoms with Crippen molar-refractivity contribution in [1.82, 2.24) is 14.7 Å². The Balaban J connectivity index is 1.96. The molecule has 1 aromatic carbocycles. The molecule has 1 saturated heterocycles. The highest BCUT2D eigenvalue weighted by Gasteiger charge is 2.12. The molecule has 2 aromatic rings. The van der Waals surface area contributed by atoms with E-state index in [0.717, 1.165) is 18.8 Å². The summed E-state index contributed by atoms with van der Waals surface area (Å²) in [5, 5.41) is 13.5. The molecule has 0 bridgehead atoms. The molecule has 2 heterocycles. The maximum atomic E-state index is 9.22. The SMILES string of the molecule is Cc1ccc(-n2ncc(C#N)c2N=CN2CCCC2)cc1. The number of aliphatic imine (C=N–C) groups is 1. The third-order valence-corrected chi connectivity index (χ3v) is 3.63. The Morgan fingerprint density at radius 2 is 1.95 bits per heavy atom. The number of rotatable bonds is 3. The van der Waals surface area contributed by atoms with Gasteiger partial charge in [0.05, 0.1) is 18.2 Å². The van der Waals surface area contributed by atoms with Crippen LogP contribution in [-0.4, -0.2) is 34.1 Å². The molecule has 106 valence electrons. The van der Waals surface area contributed by atoms with Crippen molar-refractivity contribution < 1.29 is 0 Å². The molecule has 1 fully saturated rings. The van der Waals surface area contributed by atoms with Crippen LogP contribution < -0.4 is 0 Å². The first-order valence-electron chi connectivity index (χ1n) is 7.11. The number of nitriles is 1. The molecule has 1 aromatic heterocycles. The topological polar surface area (TPSA) is 57.2 Å². The van der Waals surface area contributed by atoms with Crippen LogP contribution in [0.25, 0.3) is 5.69 Å². The molecule has 5 heteroatoms. The predicted molar refractivity (Wildman–Crippen MR) is 82.0 cm³/mol. The van der Waals surface area contributed by atoms with Crippen LogP contribution in [0.1, 0.15) is 24.0 Å². The Morgan fingerprint density at radius 3 is 2.62 bits per heavy atom. The Morgan fingerprint density at radius 1 is 1.24 bits per heavy atom. The van der Waals surface area contributed by atoms with Gasteiger partial charge in [0, 0.05) is 13.1 Å². The van der Waals surface area contributed by atoms with Gasteiger partial charge in [0.25, 0.3) is 0 Å². The fourth-order valence-corrected chi connectivity index (χ4v) is 2.41. The van der Waals surface area contributed by atoms with Gasteiger partial charge >= 0.3 is 0 Å². The molecule has 0 spiro atoms. The Kier molecular flexibility index (Phi) is 3.69. The number of likely N-dealkylation sites (tertiary alicyclic amines) is 1. The number of aromatic nitrogens is 2. The Labute approximate surface area is 124 Å². The van der Waals surface area contributed by atoms with E-state index in [-0.39, 0.29) is 0 Å². The first-order valence-corrected chi connectivity index (χ1v) is 7.11. The maximum Gasteiger partial charge on any atom is 0.175 e. The van der Waals surface area contributed by atoms with E-state index in [9.17, 15) is 5.26 Å². The van der Waals surface area contributed by atoms with Crippen LogP contribution in [0.3, 0.4) is 0 Å². The maximum absolute atomic E-state index is 9.22. The van der Waals surface area contributed by atoms with Gasteiger partial charge in [-0.2, -0.15) is 10.4 Å². The van der Waals surface area contributed by atoms with Gasteiger partial charge in [0.1, 0.15) is 11.6 Å². The van der Waals surface area contributed by atoms with Crippen LogP contribution >= 0.6 is 0 Å². The lowest BCUT2D eigenvalue weighted by molar-refractivity contribution is 0.535. The molecule has 5 nitrogen and oxygen atoms in total. The van der Waals surface area contributed by atoms with Crippen LogP contribution in [0.15, 0.2) is 35.5 Å². The van der Waals surface area contributed by atoms with E-state index in [1.807, 2.05) is 37.5 Å². The van der Waals surface area contributed by atoms with Gasteiger partial charge in [-0.3, -0.25) is 0 Å². The lowest BCUT2D eigenvalue weighted by Crippen LogP contribution is -2.16. The molecule has 1 aliphatic heterocycles. The normalized spacial score (nSPS) is 14.8. The van der Waals surface area contributed by atoms with Crippen LogP contribution in [0.5, 0.6) is 0 Å². The predicted octanol–water partition coefficient (Wildman–Crippen LogP) is 2.81. The molecular formula is C16H17N5. The van der Waals surface area contributed by atoms with Gasteiger partial charge in [-0.15, -0.1) is 0 Å². The van der Waals surface area contributed by atoms with Crippen LogP contribution in [0.4, 0.5) is 5.82 Å². The molecule has 0 aliphatic carbocycles. The van der Waals surface area contributed by atoms with Crippen LogP contribution in [-0.2, 0) is 0 Å². The summed E-state index contributed by atoms with van der Waals surface area (Å²) in [6.45, 7) is 4.11. The molecule has 0 amide bonds. The van der Waals surface area contributed by atoms with Crippen LogP contribution in [0, 0.1) is 18.3 Å². The summed E-state index contributed by atoms with van der Waals surface area (Å²) in [5.41, 5.74) is 2.59. The van der Waals surface area contributed by atoms with E-state index in [2.05, 4.69) is 21.1 Å². The highest BCUT2D eigenvalue weighted by Crippen LogP contribution is 2.23. The number of nitrogens with zero attached hydrogens (tertiary/aromatic N) is 5. The van der Waals surface area contributed by atoms with Crippen molar-refractivity contribution in [1.29, 1.82) is 5.26 Å². The number of hydrogen-bond acceptors (Lipinski definition) is 3. The third kappa shape index (κ3) is 2.79. The highest BCUT2D eigenvalue weighted by molar-refractivity contribution is 5.64. The summed E-state index contributed by atoms with van der Waals surface area (Å²) in [7, 11) is 0. The van der Waals surface area contributed by atoms with E-state index in [0.29, 0.717) is 11.4 Å². The second-order valence-corrected chi connectivity index (χ2v) is 5.23. The molecular weight excluding hydrogens is 262 g/mol. The number of aryl methyl sites for hydroxylation is 1. The van der Waals surface area contributed by atoms with E-state index in [1.165, 1.54) is 18.4 Å². The monoisotopic (exact) mass is 279 g/mol. The largest absolute Gasteiger partial charge is 0.363 e. The van der Waals surface area contributed by atoms with Crippen molar-refractivity contribution in [2.75, 3.05) is 13.1 Å². The van der Waals surface area contributed by atoms with Gasteiger partial charge in [0.2, 0.25) is 0 Å². The van der Waals surface area contributed by atoms with Gasteiger partial charge in [-0.1, -0.05) is 17.7 Å². The van der Waals surface area contributed by atoms with Crippen molar-refractivity contribution in [2.45, 2.75) is 19.8 Å². The molecule has 0 saturated carbocycles. The zero-order valence-electron chi connectivity index (χ0n) is 12.0. The smallest absolute Gasteiger partial charge is 0.175 e. The molecule has 21 heavy (non-hydrogen) atoms. The standard InChI is InChI=1S/C16H17N5/c1-13-4-6-15(7-5-13)21-16(14(10-17)11-19-21)18-12-20-8-2-3-9-20/h4-7,11-12H,2-3,8-9H2,1H3. The third-order valence-electron chi connectivity index (χ3n) is 3.63.